The van der Waals surface area contributed by atoms with Crippen LogP contribution >= 0.6 is 0 Å². The fourth-order valence-electron chi connectivity index (χ4n) is 1.39. The van der Waals surface area contributed by atoms with E-state index in [-0.39, 0.29) is 6.10 Å². The number of aliphatic hydroxyl groups excluding tert-OH is 1. The lowest BCUT2D eigenvalue weighted by atomic mass is 10.1. The minimum Gasteiger partial charge on any atom is -0.389 e. The van der Waals surface area contributed by atoms with Gasteiger partial charge in [0.2, 0.25) is 0 Å². The summed E-state index contributed by atoms with van der Waals surface area (Å²) in [6.07, 6.45) is -0.0462. The molecule has 1 N–H and O–H groups in total. The van der Waals surface area contributed by atoms with Gasteiger partial charge in [0.1, 0.15) is 6.10 Å². The second-order valence-electron chi connectivity index (χ2n) is 3.28. The van der Waals surface area contributed by atoms with Crippen molar-refractivity contribution in [1.82, 2.24) is 0 Å². The van der Waals surface area contributed by atoms with Crippen LogP contribution in [0.4, 0.5) is 0 Å². The minimum atomic E-state index is -0.425. The van der Waals surface area contributed by atoms with E-state index in [4.69, 9.17) is 4.74 Å². The Kier molecular flexibility index (Phi) is 2.83. The summed E-state index contributed by atoms with van der Waals surface area (Å²) in [5, 5.41) is 9.44. The van der Waals surface area contributed by atoms with Crippen LogP contribution in [0.5, 0.6) is 0 Å². The summed E-state index contributed by atoms with van der Waals surface area (Å²) in [6, 6.07) is 9.71. The molecule has 1 fully saturated rings. The molecule has 1 aliphatic heterocycles. The van der Waals surface area contributed by atoms with E-state index in [2.05, 4.69) is 11.8 Å². The average Bonchev–Trinajstić information content (AvgIpc) is 2.63. The van der Waals surface area contributed by atoms with Gasteiger partial charge in [-0.25, -0.2) is 0 Å². The van der Waals surface area contributed by atoms with Crippen molar-refractivity contribution >= 4 is 0 Å². The maximum Gasteiger partial charge on any atom is 0.144 e. The van der Waals surface area contributed by atoms with Gasteiger partial charge in [-0.05, 0) is 12.1 Å². The molecule has 0 aliphatic carbocycles. The normalized spacial score (nSPS) is 25.5. The molecule has 0 radical (unpaired) electrons. The third-order valence-corrected chi connectivity index (χ3v) is 2.19. The SMILES string of the molecule is O[C@@H]1CCO[C@H]1C#Cc1ccccc1. The highest BCUT2D eigenvalue weighted by atomic mass is 16.5. The van der Waals surface area contributed by atoms with Crippen LogP contribution in [0.1, 0.15) is 12.0 Å². The van der Waals surface area contributed by atoms with Crippen molar-refractivity contribution in [3.63, 3.8) is 0 Å². The molecule has 0 unspecified atom stereocenters. The molecule has 1 saturated heterocycles. The van der Waals surface area contributed by atoms with Crippen LogP contribution < -0.4 is 0 Å². The molecule has 0 aromatic heterocycles. The molecule has 14 heavy (non-hydrogen) atoms. The van der Waals surface area contributed by atoms with E-state index in [1.807, 2.05) is 30.3 Å². The molecule has 0 saturated carbocycles. The molecule has 2 nitrogen and oxygen atoms in total. The fraction of sp³-hybridized carbons (Fsp3) is 0.333. The lowest BCUT2D eigenvalue weighted by molar-refractivity contribution is 0.0811. The number of rotatable bonds is 0. The first-order valence-electron chi connectivity index (χ1n) is 4.72. The first kappa shape index (κ1) is 9.26. The molecule has 1 aliphatic rings. The van der Waals surface area contributed by atoms with Gasteiger partial charge in [0.05, 0.1) is 12.7 Å². The Morgan fingerprint density at radius 2 is 2.07 bits per heavy atom. The van der Waals surface area contributed by atoms with Crippen LogP contribution in [0.25, 0.3) is 0 Å². The molecule has 0 spiro atoms. The van der Waals surface area contributed by atoms with Crippen LogP contribution in [0.15, 0.2) is 30.3 Å². The van der Waals surface area contributed by atoms with Gasteiger partial charge in [0, 0.05) is 12.0 Å². The molecule has 1 aromatic rings. The topological polar surface area (TPSA) is 29.5 Å². The van der Waals surface area contributed by atoms with Crippen LogP contribution in [0.2, 0.25) is 0 Å². The van der Waals surface area contributed by atoms with Crippen molar-refractivity contribution in [3.8, 4) is 11.8 Å². The summed E-state index contributed by atoms with van der Waals surface area (Å²) < 4.78 is 5.26. The predicted octanol–water partition coefficient (Wildman–Crippen LogP) is 1.19. The van der Waals surface area contributed by atoms with E-state index in [0.717, 1.165) is 5.56 Å². The predicted molar refractivity (Wildman–Crippen MR) is 53.7 cm³/mol. The van der Waals surface area contributed by atoms with Crippen LogP contribution in [-0.4, -0.2) is 23.9 Å². The average molecular weight is 188 g/mol. The number of aliphatic hydroxyl groups is 1. The molecule has 2 heteroatoms. The van der Waals surface area contributed by atoms with E-state index in [0.29, 0.717) is 13.0 Å². The van der Waals surface area contributed by atoms with Gasteiger partial charge in [-0.15, -0.1) is 0 Å². The highest BCUT2D eigenvalue weighted by Gasteiger charge is 2.23. The largest absolute Gasteiger partial charge is 0.389 e. The molecule has 0 bridgehead atoms. The van der Waals surface area contributed by atoms with Crippen molar-refractivity contribution in [2.45, 2.75) is 18.6 Å². The molecule has 2 rings (SSSR count). The van der Waals surface area contributed by atoms with Crippen LogP contribution in [-0.2, 0) is 4.74 Å². The Morgan fingerprint density at radius 3 is 2.71 bits per heavy atom. The third-order valence-electron chi connectivity index (χ3n) is 2.19. The lowest BCUT2D eigenvalue weighted by Gasteiger charge is -2.04. The standard InChI is InChI=1S/C12H12O2/c13-11-8-9-14-12(11)7-6-10-4-2-1-3-5-10/h1-5,11-13H,8-9H2/t11-,12+/m1/s1. The van der Waals surface area contributed by atoms with Crippen molar-refractivity contribution in [1.29, 1.82) is 0 Å². The molecule has 1 aromatic carbocycles. The maximum atomic E-state index is 9.44. The Balaban J connectivity index is 2.07. The van der Waals surface area contributed by atoms with Crippen molar-refractivity contribution in [3.05, 3.63) is 35.9 Å². The molecule has 1 heterocycles. The summed E-state index contributed by atoms with van der Waals surface area (Å²) in [4.78, 5) is 0. The molecule has 2 atom stereocenters. The Bertz CT molecular complexity index is 348. The molecular weight excluding hydrogens is 176 g/mol. The van der Waals surface area contributed by atoms with E-state index >= 15 is 0 Å². The zero-order valence-corrected chi connectivity index (χ0v) is 7.81. The van der Waals surface area contributed by atoms with Crippen molar-refractivity contribution in [2.75, 3.05) is 6.61 Å². The molecular formula is C12H12O2. The summed E-state index contributed by atoms with van der Waals surface area (Å²) in [5.74, 6) is 5.91. The number of hydrogen-bond acceptors (Lipinski definition) is 2. The summed E-state index contributed by atoms with van der Waals surface area (Å²) in [5.41, 5.74) is 0.954. The second kappa shape index (κ2) is 4.28. The van der Waals surface area contributed by atoms with Crippen LogP contribution in [0, 0.1) is 11.8 Å². The maximum absolute atomic E-state index is 9.44. The van der Waals surface area contributed by atoms with Gasteiger partial charge in [-0.2, -0.15) is 0 Å². The first-order chi connectivity index (χ1) is 6.86. The van der Waals surface area contributed by atoms with Gasteiger partial charge >= 0.3 is 0 Å². The number of hydrogen-bond donors (Lipinski definition) is 1. The number of benzene rings is 1. The minimum absolute atomic E-state index is 0.310. The van der Waals surface area contributed by atoms with E-state index < -0.39 is 6.10 Å². The van der Waals surface area contributed by atoms with Crippen LogP contribution in [0.3, 0.4) is 0 Å². The lowest BCUT2D eigenvalue weighted by Crippen LogP contribution is -2.18. The summed E-state index contributed by atoms with van der Waals surface area (Å²) in [6.45, 7) is 0.606. The van der Waals surface area contributed by atoms with Gasteiger partial charge in [-0.1, -0.05) is 30.0 Å². The number of ether oxygens (including phenoxy) is 1. The van der Waals surface area contributed by atoms with E-state index in [1.165, 1.54) is 0 Å². The monoisotopic (exact) mass is 188 g/mol. The smallest absolute Gasteiger partial charge is 0.144 e. The van der Waals surface area contributed by atoms with Crippen molar-refractivity contribution < 1.29 is 9.84 Å². The third kappa shape index (κ3) is 2.14. The molecule has 0 amide bonds. The zero-order valence-electron chi connectivity index (χ0n) is 7.81. The van der Waals surface area contributed by atoms with Gasteiger partial charge < -0.3 is 9.84 Å². The highest BCUT2D eigenvalue weighted by Crippen LogP contribution is 2.12. The van der Waals surface area contributed by atoms with E-state index in [9.17, 15) is 5.11 Å². The Labute approximate surface area is 83.5 Å². The quantitative estimate of drug-likeness (QED) is 0.620. The Hall–Kier alpha value is -1.30. The first-order valence-corrected chi connectivity index (χ1v) is 4.72. The van der Waals surface area contributed by atoms with Gasteiger partial charge in [-0.3, -0.25) is 0 Å². The highest BCUT2D eigenvalue weighted by molar-refractivity contribution is 5.34. The molecule has 72 valence electrons. The van der Waals surface area contributed by atoms with E-state index in [1.54, 1.807) is 0 Å². The zero-order chi connectivity index (χ0) is 9.80. The van der Waals surface area contributed by atoms with Gasteiger partial charge in [0.25, 0.3) is 0 Å². The summed E-state index contributed by atoms with van der Waals surface area (Å²) >= 11 is 0. The van der Waals surface area contributed by atoms with Gasteiger partial charge in [0.15, 0.2) is 0 Å². The second-order valence-corrected chi connectivity index (χ2v) is 3.28. The summed E-state index contributed by atoms with van der Waals surface area (Å²) in [7, 11) is 0. The fourth-order valence-corrected chi connectivity index (χ4v) is 1.39. The van der Waals surface area contributed by atoms with Crippen molar-refractivity contribution in [2.24, 2.45) is 0 Å². The Morgan fingerprint density at radius 1 is 1.29 bits per heavy atom.